The second-order valence-electron chi connectivity index (χ2n) is 5.50. The van der Waals surface area contributed by atoms with E-state index in [9.17, 15) is 9.90 Å². The average Bonchev–Trinajstić information content (AvgIpc) is 2.72. The number of carboxylic acids is 1. The maximum absolute atomic E-state index is 11.3. The number of nitrogens with zero attached hydrogens (tertiary/aromatic N) is 1. The number of aromatic nitrogens is 1. The van der Waals surface area contributed by atoms with Crippen molar-refractivity contribution in [1.29, 1.82) is 0 Å². The summed E-state index contributed by atoms with van der Waals surface area (Å²) in [6.07, 6.45) is 2.74. The van der Waals surface area contributed by atoms with E-state index in [0.717, 1.165) is 28.6 Å². The summed E-state index contributed by atoms with van der Waals surface area (Å²) in [7, 11) is 0. The van der Waals surface area contributed by atoms with Gasteiger partial charge in [-0.25, -0.2) is 4.79 Å². The molecule has 1 aromatic heterocycles. The van der Waals surface area contributed by atoms with Crippen molar-refractivity contribution >= 4 is 16.9 Å². The second-order valence-corrected chi connectivity index (χ2v) is 5.50. The molecule has 0 fully saturated rings. The molecule has 0 atom stereocenters. The van der Waals surface area contributed by atoms with Gasteiger partial charge in [0.2, 0.25) is 0 Å². The molecule has 4 nitrogen and oxygen atoms in total. The van der Waals surface area contributed by atoms with Gasteiger partial charge in [-0.3, -0.25) is 0 Å². The summed E-state index contributed by atoms with van der Waals surface area (Å²) in [6, 6.07) is 3.51. The molecule has 0 saturated carbocycles. The van der Waals surface area contributed by atoms with E-state index in [0.29, 0.717) is 12.0 Å². The number of aromatic carboxylic acids is 1. The minimum absolute atomic E-state index is 0.156. The van der Waals surface area contributed by atoms with Crippen LogP contribution in [0.5, 0.6) is 0 Å². The Hall–Kier alpha value is -1.81. The molecule has 108 valence electrons. The van der Waals surface area contributed by atoms with Crippen LogP contribution in [0, 0.1) is 6.92 Å². The first-order valence-corrected chi connectivity index (χ1v) is 6.93. The smallest absolute Gasteiger partial charge is 0.335 e. The third kappa shape index (κ3) is 2.56. The lowest BCUT2D eigenvalue weighted by molar-refractivity contribution is 0.0697. The van der Waals surface area contributed by atoms with Crippen LogP contribution in [0.4, 0.5) is 0 Å². The highest BCUT2D eigenvalue weighted by molar-refractivity contribution is 5.96. The summed E-state index contributed by atoms with van der Waals surface area (Å²) in [6.45, 7) is 7.03. The van der Waals surface area contributed by atoms with E-state index < -0.39 is 5.97 Å². The van der Waals surface area contributed by atoms with E-state index >= 15 is 0 Å². The monoisotopic (exact) mass is 275 g/mol. The standard InChI is InChI=1S/C16H21NO3/c1-10(2)13-7-12(16(19)20)8-14-11(3)9-17(15(13)14)5-4-6-18/h7-10,18H,4-6H2,1-3H3,(H,19,20). The molecule has 0 amide bonds. The molecule has 2 aromatic rings. The summed E-state index contributed by atoms with van der Waals surface area (Å²) in [5.41, 5.74) is 3.55. The number of fused-ring (bicyclic) bond motifs is 1. The molecule has 1 aromatic carbocycles. The molecule has 0 saturated heterocycles. The number of carbonyl (C=O) groups is 1. The summed E-state index contributed by atoms with van der Waals surface area (Å²) >= 11 is 0. The summed E-state index contributed by atoms with van der Waals surface area (Å²) in [4.78, 5) is 11.3. The number of rotatable bonds is 5. The number of benzene rings is 1. The Bertz CT molecular complexity index is 641. The van der Waals surface area contributed by atoms with Crippen molar-refractivity contribution in [2.75, 3.05) is 6.61 Å². The minimum atomic E-state index is -0.892. The summed E-state index contributed by atoms with van der Waals surface area (Å²) < 4.78 is 2.13. The molecule has 0 aliphatic carbocycles. The van der Waals surface area contributed by atoms with Gasteiger partial charge in [0.15, 0.2) is 0 Å². The maximum atomic E-state index is 11.3. The fourth-order valence-electron chi connectivity index (χ4n) is 2.63. The molecule has 1 heterocycles. The van der Waals surface area contributed by atoms with Gasteiger partial charge in [0.25, 0.3) is 0 Å². The zero-order chi connectivity index (χ0) is 14.9. The molecule has 4 heteroatoms. The van der Waals surface area contributed by atoms with Crippen molar-refractivity contribution in [2.24, 2.45) is 0 Å². The number of hydrogen-bond donors (Lipinski definition) is 2. The lowest BCUT2D eigenvalue weighted by Gasteiger charge is -2.13. The van der Waals surface area contributed by atoms with Crippen LogP contribution >= 0.6 is 0 Å². The second kappa shape index (κ2) is 5.67. The van der Waals surface area contributed by atoms with Gasteiger partial charge in [0, 0.05) is 24.7 Å². The molecular formula is C16H21NO3. The lowest BCUT2D eigenvalue weighted by atomic mass is 9.96. The third-order valence-electron chi connectivity index (χ3n) is 3.63. The quantitative estimate of drug-likeness (QED) is 0.881. The SMILES string of the molecule is Cc1cn(CCCO)c2c(C(C)C)cc(C(=O)O)cc12. The largest absolute Gasteiger partial charge is 0.478 e. The van der Waals surface area contributed by atoms with Crippen LogP contribution in [0.2, 0.25) is 0 Å². The lowest BCUT2D eigenvalue weighted by Crippen LogP contribution is -2.04. The molecule has 0 radical (unpaired) electrons. The fourth-order valence-corrected chi connectivity index (χ4v) is 2.63. The number of carboxylic acid groups (broad SMARTS) is 1. The van der Waals surface area contributed by atoms with Crippen LogP contribution in [-0.2, 0) is 6.54 Å². The zero-order valence-electron chi connectivity index (χ0n) is 12.2. The first-order valence-electron chi connectivity index (χ1n) is 6.93. The molecule has 0 aliphatic rings. The van der Waals surface area contributed by atoms with E-state index in [4.69, 9.17) is 5.11 Å². The molecule has 0 aliphatic heterocycles. The van der Waals surface area contributed by atoms with Gasteiger partial charge in [-0.2, -0.15) is 0 Å². The van der Waals surface area contributed by atoms with Crippen molar-refractivity contribution in [3.05, 3.63) is 35.0 Å². The molecule has 0 spiro atoms. The van der Waals surface area contributed by atoms with E-state index in [1.807, 2.05) is 13.1 Å². The molecule has 0 bridgehead atoms. The van der Waals surface area contributed by atoms with E-state index in [-0.39, 0.29) is 12.5 Å². The van der Waals surface area contributed by atoms with Crippen molar-refractivity contribution in [1.82, 2.24) is 4.57 Å². The Morgan fingerprint density at radius 3 is 2.60 bits per heavy atom. The van der Waals surface area contributed by atoms with Crippen LogP contribution in [-0.4, -0.2) is 27.4 Å². The van der Waals surface area contributed by atoms with Crippen LogP contribution in [0.3, 0.4) is 0 Å². The molecular weight excluding hydrogens is 254 g/mol. The van der Waals surface area contributed by atoms with Gasteiger partial charge in [0.05, 0.1) is 11.1 Å². The Morgan fingerprint density at radius 2 is 2.05 bits per heavy atom. The van der Waals surface area contributed by atoms with Crippen LogP contribution in [0.15, 0.2) is 18.3 Å². The van der Waals surface area contributed by atoms with Gasteiger partial charge in [-0.1, -0.05) is 13.8 Å². The van der Waals surface area contributed by atoms with Crippen LogP contribution < -0.4 is 0 Å². The first kappa shape index (κ1) is 14.6. The highest BCUT2D eigenvalue weighted by atomic mass is 16.4. The van der Waals surface area contributed by atoms with E-state index in [1.165, 1.54) is 0 Å². The topological polar surface area (TPSA) is 62.5 Å². The Morgan fingerprint density at radius 1 is 1.35 bits per heavy atom. The first-order chi connectivity index (χ1) is 9.45. The van der Waals surface area contributed by atoms with Gasteiger partial charge in [0.1, 0.15) is 0 Å². The summed E-state index contributed by atoms with van der Waals surface area (Å²) in [5.74, 6) is -0.643. The van der Waals surface area contributed by atoms with Gasteiger partial charge < -0.3 is 14.8 Å². The maximum Gasteiger partial charge on any atom is 0.335 e. The highest BCUT2D eigenvalue weighted by Gasteiger charge is 2.16. The van der Waals surface area contributed by atoms with E-state index in [2.05, 4.69) is 18.4 Å². The van der Waals surface area contributed by atoms with Crippen LogP contribution in [0.1, 0.15) is 47.7 Å². The van der Waals surface area contributed by atoms with Gasteiger partial charge in [-0.15, -0.1) is 0 Å². The minimum Gasteiger partial charge on any atom is -0.478 e. The Labute approximate surface area is 118 Å². The van der Waals surface area contributed by atoms with E-state index in [1.54, 1.807) is 12.1 Å². The van der Waals surface area contributed by atoms with Crippen molar-refractivity contribution < 1.29 is 15.0 Å². The molecule has 0 unspecified atom stereocenters. The van der Waals surface area contributed by atoms with Gasteiger partial charge >= 0.3 is 5.97 Å². The summed E-state index contributed by atoms with van der Waals surface area (Å²) in [5, 5.41) is 19.3. The third-order valence-corrected chi connectivity index (χ3v) is 3.63. The van der Waals surface area contributed by atoms with Crippen molar-refractivity contribution in [3.8, 4) is 0 Å². The molecule has 20 heavy (non-hydrogen) atoms. The highest BCUT2D eigenvalue weighted by Crippen LogP contribution is 2.31. The number of aliphatic hydroxyl groups is 1. The predicted octanol–water partition coefficient (Wildman–Crippen LogP) is 3.15. The van der Waals surface area contributed by atoms with Crippen molar-refractivity contribution in [2.45, 2.75) is 39.7 Å². The normalized spacial score (nSPS) is 11.4. The Balaban J connectivity index is 2.71. The fraction of sp³-hybridized carbons (Fsp3) is 0.438. The number of aliphatic hydroxyl groups excluding tert-OH is 1. The van der Waals surface area contributed by atoms with Crippen LogP contribution in [0.25, 0.3) is 10.9 Å². The molecule has 2 N–H and O–H groups in total. The van der Waals surface area contributed by atoms with Crippen molar-refractivity contribution in [3.63, 3.8) is 0 Å². The molecule has 2 rings (SSSR count). The number of hydrogen-bond acceptors (Lipinski definition) is 2. The predicted molar refractivity (Wildman–Crippen MR) is 79.4 cm³/mol. The zero-order valence-corrected chi connectivity index (χ0v) is 12.2. The average molecular weight is 275 g/mol. The number of aryl methyl sites for hydroxylation is 2. The van der Waals surface area contributed by atoms with Gasteiger partial charge in [-0.05, 0) is 42.5 Å². The Kier molecular flexibility index (Phi) is 4.14.